The molecule has 0 radical (unpaired) electrons. The van der Waals surface area contributed by atoms with Crippen molar-refractivity contribution >= 4 is 55.7 Å². The van der Waals surface area contributed by atoms with Crippen molar-refractivity contribution in [1.29, 1.82) is 0 Å². The summed E-state index contributed by atoms with van der Waals surface area (Å²) < 4.78 is 0. The molecule has 0 heterocycles. The van der Waals surface area contributed by atoms with E-state index in [0.717, 1.165) is 25.7 Å². The lowest BCUT2D eigenvalue weighted by atomic mass is 9.62. The maximum Gasteiger partial charge on any atom is 0.0620 e. The van der Waals surface area contributed by atoms with Crippen LogP contribution in [0.1, 0.15) is 165 Å². The van der Waals surface area contributed by atoms with Gasteiger partial charge in [0.05, 0.1) is 11.4 Å². The minimum atomic E-state index is 0.0181. The molecule has 0 aromatic heterocycles. The third kappa shape index (κ3) is 7.53. The van der Waals surface area contributed by atoms with Gasteiger partial charge in [-0.2, -0.15) is 0 Å². The number of benzene rings is 7. The molecule has 0 bridgehead atoms. The fourth-order valence-corrected chi connectivity index (χ4v) is 11.0. The Balaban J connectivity index is 1.54. The summed E-state index contributed by atoms with van der Waals surface area (Å²) in [5.74, 6) is 0.888. The Morgan fingerprint density at radius 1 is 0.344 bits per heavy atom. The fraction of sp³-hybridized carbons (Fsp3) is 0.387. The van der Waals surface area contributed by atoms with Gasteiger partial charge in [-0.15, -0.1) is 0 Å². The molecule has 2 aliphatic carbocycles. The second-order valence-electron chi connectivity index (χ2n) is 23.0. The number of hydrogen-bond donors (Lipinski definition) is 0. The van der Waals surface area contributed by atoms with Crippen molar-refractivity contribution in [3.05, 3.63) is 166 Å². The van der Waals surface area contributed by atoms with Crippen LogP contribution in [-0.4, -0.2) is 0 Å². The van der Waals surface area contributed by atoms with E-state index in [1.54, 1.807) is 0 Å². The molecule has 330 valence electrons. The van der Waals surface area contributed by atoms with Gasteiger partial charge >= 0.3 is 0 Å². The van der Waals surface area contributed by atoms with Crippen LogP contribution in [0.25, 0.3) is 21.5 Å². The molecular weight excluding hydrogens is 773 g/mol. The maximum atomic E-state index is 2.65. The first-order chi connectivity index (χ1) is 30.2. The van der Waals surface area contributed by atoms with Crippen molar-refractivity contribution in [2.24, 2.45) is 0 Å². The van der Waals surface area contributed by atoms with Crippen LogP contribution in [-0.2, 0) is 21.7 Å². The molecule has 0 saturated carbocycles. The van der Waals surface area contributed by atoms with Crippen molar-refractivity contribution in [3.8, 4) is 0 Å². The molecule has 0 fully saturated rings. The molecule has 7 aromatic rings. The van der Waals surface area contributed by atoms with Gasteiger partial charge in [0.1, 0.15) is 0 Å². The van der Waals surface area contributed by atoms with Gasteiger partial charge in [-0.1, -0.05) is 143 Å². The zero-order chi connectivity index (χ0) is 45.7. The topological polar surface area (TPSA) is 6.48 Å². The average Bonchev–Trinajstić information content (AvgIpc) is 3.26. The van der Waals surface area contributed by atoms with Crippen LogP contribution in [0.15, 0.2) is 121 Å². The molecule has 2 heteroatoms. The molecule has 0 atom stereocenters. The zero-order valence-corrected chi connectivity index (χ0v) is 41.4. The Hall–Kier alpha value is -5.34. The normalized spacial score (nSPS) is 17.1. The SMILES string of the molecule is Cc1ccc(N(c2ccc(C(C)C)cc2)c2c3cc4c(cc3c(N(c3ccc(C)cc3)c3ccc(C(C)C)cc3)c3cc5c(cc23)C(C)(C)CCC5(C)C)C(C)(C)CCC4(C)C)cc1. The van der Waals surface area contributed by atoms with Crippen molar-refractivity contribution < 1.29 is 0 Å². The van der Waals surface area contributed by atoms with Gasteiger partial charge in [-0.25, -0.2) is 0 Å². The van der Waals surface area contributed by atoms with E-state index in [1.165, 1.54) is 100 Å². The molecule has 2 aliphatic rings. The highest BCUT2D eigenvalue weighted by Gasteiger charge is 2.41. The lowest BCUT2D eigenvalue weighted by molar-refractivity contribution is 0.332. The molecule has 0 aliphatic heterocycles. The van der Waals surface area contributed by atoms with Crippen LogP contribution in [0.5, 0.6) is 0 Å². The second-order valence-corrected chi connectivity index (χ2v) is 23.0. The maximum absolute atomic E-state index is 2.65. The van der Waals surface area contributed by atoms with Gasteiger partial charge in [0.25, 0.3) is 0 Å². The van der Waals surface area contributed by atoms with Crippen LogP contribution in [0, 0.1) is 13.8 Å². The number of hydrogen-bond acceptors (Lipinski definition) is 2. The summed E-state index contributed by atoms with van der Waals surface area (Å²) in [5, 5.41) is 5.18. The van der Waals surface area contributed by atoms with Gasteiger partial charge < -0.3 is 9.80 Å². The molecule has 0 N–H and O–H groups in total. The molecule has 2 nitrogen and oxygen atoms in total. The summed E-state index contributed by atoms with van der Waals surface area (Å²) >= 11 is 0. The Morgan fingerprint density at radius 2 is 0.562 bits per heavy atom. The molecule has 64 heavy (non-hydrogen) atoms. The summed E-state index contributed by atoms with van der Waals surface area (Å²) in [6.07, 6.45) is 4.62. The summed E-state index contributed by atoms with van der Waals surface area (Å²) in [6.45, 7) is 33.4. The van der Waals surface area contributed by atoms with E-state index >= 15 is 0 Å². The van der Waals surface area contributed by atoms with E-state index in [4.69, 9.17) is 0 Å². The minimum absolute atomic E-state index is 0.0181. The standard InChI is InChI=1S/C62H72N2/c1-39(2)43-19-27-47(28-20-43)63(45-23-15-41(5)16-24-45)57-49-35-53-55(61(11,12)33-31-59(53,7)8)37-51(49)58(52-38-56-54(36-50(52)57)60(9,10)32-34-62(56,13)14)64(46-25-17-42(6)18-26-46)48-29-21-44(22-30-48)40(3)4/h15-30,35-40H,31-34H2,1-14H3. The second kappa shape index (κ2) is 15.7. The van der Waals surface area contributed by atoms with Crippen LogP contribution >= 0.6 is 0 Å². The zero-order valence-electron chi connectivity index (χ0n) is 41.4. The Labute approximate surface area is 385 Å². The summed E-state index contributed by atoms with van der Waals surface area (Å²) in [6, 6.07) is 47.9. The number of rotatable bonds is 8. The first-order valence-electron chi connectivity index (χ1n) is 24.2. The number of nitrogens with zero attached hydrogens (tertiary/aromatic N) is 2. The quantitative estimate of drug-likeness (QED) is 0.111. The van der Waals surface area contributed by atoms with E-state index in [-0.39, 0.29) is 21.7 Å². The van der Waals surface area contributed by atoms with Crippen LogP contribution in [0.4, 0.5) is 34.1 Å². The largest absolute Gasteiger partial charge is 0.309 e. The van der Waals surface area contributed by atoms with Crippen molar-refractivity contribution in [2.75, 3.05) is 9.80 Å². The Kier molecular flexibility index (Phi) is 10.8. The minimum Gasteiger partial charge on any atom is -0.309 e. The smallest absolute Gasteiger partial charge is 0.0620 e. The van der Waals surface area contributed by atoms with E-state index in [0.29, 0.717) is 11.8 Å². The predicted molar refractivity (Wildman–Crippen MR) is 279 cm³/mol. The number of anilines is 6. The average molecular weight is 845 g/mol. The Bertz CT molecular complexity index is 2570. The molecule has 7 aromatic carbocycles. The number of fused-ring (bicyclic) bond motifs is 4. The molecule has 0 spiro atoms. The molecule has 0 amide bonds. The van der Waals surface area contributed by atoms with Gasteiger partial charge in [0.15, 0.2) is 0 Å². The van der Waals surface area contributed by atoms with Gasteiger partial charge in [0, 0.05) is 44.3 Å². The van der Waals surface area contributed by atoms with Gasteiger partial charge in [0.2, 0.25) is 0 Å². The summed E-state index contributed by atoms with van der Waals surface area (Å²) in [5.41, 5.74) is 18.4. The third-order valence-electron chi connectivity index (χ3n) is 15.7. The summed E-state index contributed by atoms with van der Waals surface area (Å²) in [7, 11) is 0. The highest BCUT2D eigenvalue weighted by Crippen LogP contribution is 2.57. The monoisotopic (exact) mass is 845 g/mol. The third-order valence-corrected chi connectivity index (χ3v) is 15.7. The highest BCUT2D eigenvalue weighted by atomic mass is 15.2. The van der Waals surface area contributed by atoms with Crippen LogP contribution in [0.2, 0.25) is 0 Å². The first-order valence-corrected chi connectivity index (χ1v) is 24.2. The van der Waals surface area contributed by atoms with Crippen molar-refractivity contribution in [3.63, 3.8) is 0 Å². The summed E-state index contributed by atoms with van der Waals surface area (Å²) in [4.78, 5) is 5.21. The van der Waals surface area contributed by atoms with E-state index in [2.05, 4.69) is 228 Å². The first kappa shape index (κ1) is 43.9. The lowest BCUT2D eigenvalue weighted by Gasteiger charge is -2.44. The van der Waals surface area contributed by atoms with Crippen molar-refractivity contribution in [2.45, 2.75) is 156 Å². The lowest BCUT2D eigenvalue weighted by Crippen LogP contribution is -2.34. The molecule has 9 rings (SSSR count). The highest BCUT2D eigenvalue weighted by molar-refractivity contribution is 6.24. The number of aryl methyl sites for hydroxylation is 2. The Morgan fingerprint density at radius 3 is 0.781 bits per heavy atom. The van der Waals surface area contributed by atoms with E-state index in [1.807, 2.05) is 0 Å². The van der Waals surface area contributed by atoms with Crippen LogP contribution < -0.4 is 9.80 Å². The molecular formula is C62H72N2. The molecule has 0 saturated heterocycles. The van der Waals surface area contributed by atoms with E-state index < -0.39 is 0 Å². The predicted octanol–water partition coefficient (Wildman–Crippen LogP) is 18.5. The van der Waals surface area contributed by atoms with Gasteiger partial charge in [-0.3, -0.25) is 0 Å². The van der Waals surface area contributed by atoms with E-state index in [9.17, 15) is 0 Å². The van der Waals surface area contributed by atoms with Gasteiger partial charge in [-0.05, 0) is 179 Å². The van der Waals surface area contributed by atoms with Crippen LogP contribution in [0.3, 0.4) is 0 Å². The van der Waals surface area contributed by atoms with Crippen molar-refractivity contribution in [1.82, 2.24) is 0 Å². The molecule has 0 unspecified atom stereocenters. The fourth-order valence-electron chi connectivity index (χ4n) is 11.0.